The third-order valence-corrected chi connectivity index (χ3v) is 5.01. The molecule has 0 fully saturated rings. The Hall–Kier alpha value is -1.59. The normalized spacial score (nSPS) is 10.9. The van der Waals surface area contributed by atoms with Gasteiger partial charge in [0.1, 0.15) is 0 Å². The average molecular weight is 424 g/mol. The number of aromatic nitrogens is 3. The molecule has 0 aliphatic carbocycles. The number of hydrogen-bond donors (Lipinski definition) is 0. The van der Waals surface area contributed by atoms with E-state index in [1.54, 1.807) is 0 Å². The summed E-state index contributed by atoms with van der Waals surface area (Å²) < 4.78 is 17.3. The number of unbranched alkanes of at least 4 members (excludes halogenated alkanes) is 12. The van der Waals surface area contributed by atoms with Crippen LogP contribution in [0.4, 0.5) is 0 Å². The van der Waals surface area contributed by atoms with Crippen molar-refractivity contribution in [2.75, 3.05) is 19.8 Å². The zero-order valence-electron chi connectivity index (χ0n) is 19.8. The minimum absolute atomic E-state index is 0.308. The molecule has 30 heavy (non-hydrogen) atoms. The van der Waals surface area contributed by atoms with Crippen LogP contribution in [0, 0.1) is 0 Å². The molecule has 0 aliphatic heterocycles. The van der Waals surface area contributed by atoms with Crippen LogP contribution in [0.5, 0.6) is 18.0 Å². The van der Waals surface area contributed by atoms with Crippen molar-refractivity contribution in [3.8, 4) is 18.0 Å². The maximum atomic E-state index is 5.76. The highest BCUT2D eigenvalue weighted by molar-refractivity contribution is 5.09. The summed E-state index contributed by atoms with van der Waals surface area (Å²) in [6, 6.07) is 0.923. The van der Waals surface area contributed by atoms with Crippen LogP contribution >= 0.6 is 0 Å². The highest BCUT2D eigenvalue weighted by Gasteiger charge is 2.10. The predicted octanol–water partition coefficient (Wildman–Crippen LogP) is 6.92. The average Bonchev–Trinajstić information content (AvgIpc) is 2.75. The van der Waals surface area contributed by atoms with Gasteiger partial charge < -0.3 is 14.2 Å². The minimum atomic E-state index is 0.308. The van der Waals surface area contributed by atoms with E-state index >= 15 is 0 Å². The third-order valence-electron chi connectivity index (χ3n) is 5.01. The second kappa shape index (κ2) is 19.4. The van der Waals surface area contributed by atoms with Crippen LogP contribution in [0.15, 0.2) is 0 Å². The van der Waals surface area contributed by atoms with Crippen molar-refractivity contribution in [1.29, 1.82) is 0 Å². The first kappa shape index (κ1) is 26.4. The number of hydrogen-bond acceptors (Lipinski definition) is 6. The molecule has 0 amide bonds. The Morgan fingerprint density at radius 3 is 0.933 bits per heavy atom. The fraction of sp³-hybridized carbons (Fsp3) is 0.875. The van der Waals surface area contributed by atoms with Crippen LogP contribution in [0.3, 0.4) is 0 Å². The molecular weight excluding hydrogens is 378 g/mol. The molecule has 0 bridgehead atoms. The van der Waals surface area contributed by atoms with E-state index in [0.717, 1.165) is 19.3 Å². The van der Waals surface area contributed by atoms with Crippen LogP contribution in [0.1, 0.15) is 117 Å². The van der Waals surface area contributed by atoms with Crippen LogP contribution < -0.4 is 14.2 Å². The highest BCUT2D eigenvalue weighted by atomic mass is 16.5. The van der Waals surface area contributed by atoms with Crippen molar-refractivity contribution in [3.63, 3.8) is 0 Å². The van der Waals surface area contributed by atoms with Gasteiger partial charge >= 0.3 is 18.0 Å². The Labute approximate surface area is 184 Å². The maximum Gasteiger partial charge on any atom is 0.325 e. The first-order valence-electron chi connectivity index (χ1n) is 12.4. The van der Waals surface area contributed by atoms with Crippen molar-refractivity contribution < 1.29 is 14.2 Å². The number of nitrogens with zero attached hydrogens (tertiary/aromatic N) is 3. The first-order valence-corrected chi connectivity index (χ1v) is 12.4. The molecule has 0 aromatic carbocycles. The molecule has 1 aromatic heterocycles. The topological polar surface area (TPSA) is 66.4 Å². The zero-order chi connectivity index (χ0) is 21.7. The lowest BCUT2D eigenvalue weighted by Crippen LogP contribution is -2.09. The van der Waals surface area contributed by atoms with Gasteiger partial charge in [0, 0.05) is 0 Å². The lowest BCUT2D eigenvalue weighted by atomic mass is 10.2. The molecule has 0 saturated heterocycles. The lowest BCUT2D eigenvalue weighted by molar-refractivity contribution is 0.227. The molecule has 0 N–H and O–H groups in total. The largest absolute Gasteiger partial charge is 0.463 e. The summed E-state index contributed by atoms with van der Waals surface area (Å²) in [5.74, 6) is 0. The Bertz CT molecular complexity index is 431. The Morgan fingerprint density at radius 2 is 0.667 bits per heavy atom. The molecule has 174 valence electrons. The van der Waals surface area contributed by atoms with Crippen LogP contribution in [0.2, 0.25) is 0 Å². The molecule has 0 radical (unpaired) electrons. The van der Waals surface area contributed by atoms with E-state index in [9.17, 15) is 0 Å². The van der Waals surface area contributed by atoms with Gasteiger partial charge in [-0.2, -0.15) is 0 Å². The summed E-state index contributed by atoms with van der Waals surface area (Å²) in [4.78, 5) is 13.0. The summed E-state index contributed by atoms with van der Waals surface area (Å²) in [7, 11) is 0. The van der Waals surface area contributed by atoms with Crippen LogP contribution in [-0.2, 0) is 0 Å². The van der Waals surface area contributed by atoms with E-state index in [1.165, 1.54) is 77.0 Å². The van der Waals surface area contributed by atoms with Gasteiger partial charge in [-0.15, -0.1) is 15.0 Å². The second-order valence-electron chi connectivity index (χ2n) is 7.97. The Kier molecular flexibility index (Phi) is 17.1. The van der Waals surface area contributed by atoms with E-state index in [-0.39, 0.29) is 0 Å². The van der Waals surface area contributed by atoms with Gasteiger partial charge in [0.05, 0.1) is 19.8 Å². The van der Waals surface area contributed by atoms with Crippen molar-refractivity contribution >= 4 is 0 Å². The molecule has 0 spiro atoms. The molecule has 1 heterocycles. The summed E-state index contributed by atoms with van der Waals surface area (Å²) in [5, 5.41) is 0. The van der Waals surface area contributed by atoms with Gasteiger partial charge in [-0.1, -0.05) is 97.8 Å². The molecule has 0 saturated carbocycles. The molecule has 6 nitrogen and oxygen atoms in total. The van der Waals surface area contributed by atoms with E-state index in [4.69, 9.17) is 14.2 Å². The second-order valence-corrected chi connectivity index (χ2v) is 7.97. The molecular formula is C24H45N3O3. The standard InChI is InChI=1S/C24H45N3O3/c1-4-7-10-13-16-19-28-22-25-23(29-20-17-14-11-8-5-2)27-24(26-22)30-21-18-15-12-9-6-3/h4-21H2,1-3H3. The monoisotopic (exact) mass is 423 g/mol. The molecule has 0 aliphatic rings. The van der Waals surface area contributed by atoms with Gasteiger partial charge in [0.2, 0.25) is 0 Å². The number of rotatable bonds is 21. The SMILES string of the molecule is CCCCCCCOc1nc(OCCCCCCC)nc(OCCCCCCC)n1. The summed E-state index contributed by atoms with van der Waals surface area (Å²) in [5.41, 5.74) is 0. The zero-order valence-corrected chi connectivity index (χ0v) is 19.8. The molecule has 0 unspecified atom stereocenters. The summed E-state index contributed by atoms with van der Waals surface area (Å²) in [6.07, 6.45) is 17.8. The van der Waals surface area contributed by atoms with Gasteiger partial charge in [0.25, 0.3) is 0 Å². The fourth-order valence-corrected chi connectivity index (χ4v) is 3.12. The van der Waals surface area contributed by atoms with E-state index in [2.05, 4.69) is 35.7 Å². The smallest absolute Gasteiger partial charge is 0.325 e. The van der Waals surface area contributed by atoms with Gasteiger partial charge in [-0.05, 0) is 19.3 Å². The van der Waals surface area contributed by atoms with Crippen molar-refractivity contribution in [2.24, 2.45) is 0 Å². The van der Waals surface area contributed by atoms with E-state index in [1.807, 2.05) is 0 Å². The van der Waals surface area contributed by atoms with Gasteiger partial charge in [-0.3, -0.25) is 0 Å². The summed E-state index contributed by atoms with van der Waals surface area (Å²) in [6.45, 7) is 8.50. The molecule has 0 atom stereocenters. The van der Waals surface area contributed by atoms with Crippen molar-refractivity contribution in [3.05, 3.63) is 0 Å². The minimum Gasteiger partial charge on any atom is -0.463 e. The number of ether oxygens (including phenoxy) is 3. The lowest BCUT2D eigenvalue weighted by Gasteiger charge is -2.10. The first-order chi connectivity index (χ1) is 14.8. The molecule has 1 aromatic rings. The maximum absolute atomic E-state index is 5.76. The quantitative estimate of drug-likeness (QED) is 0.200. The third kappa shape index (κ3) is 14.4. The fourth-order valence-electron chi connectivity index (χ4n) is 3.12. The Morgan fingerprint density at radius 1 is 0.400 bits per heavy atom. The van der Waals surface area contributed by atoms with E-state index in [0.29, 0.717) is 37.9 Å². The van der Waals surface area contributed by atoms with Crippen molar-refractivity contribution in [2.45, 2.75) is 117 Å². The molecule has 1 rings (SSSR count). The Balaban J connectivity index is 2.47. The van der Waals surface area contributed by atoms with Crippen LogP contribution in [0.25, 0.3) is 0 Å². The van der Waals surface area contributed by atoms with Crippen molar-refractivity contribution in [1.82, 2.24) is 15.0 Å². The van der Waals surface area contributed by atoms with Gasteiger partial charge in [-0.25, -0.2) is 0 Å². The molecule has 6 heteroatoms. The predicted molar refractivity (Wildman–Crippen MR) is 123 cm³/mol. The van der Waals surface area contributed by atoms with E-state index < -0.39 is 0 Å². The van der Waals surface area contributed by atoms with Crippen LogP contribution in [-0.4, -0.2) is 34.8 Å². The highest BCUT2D eigenvalue weighted by Crippen LogP contribution is 2.16. The summed E-state index contributed by atoms with van der Waals surface area (Å²) >= 11 is 0. The van der Waals surface area contributed by atoms with Gasteiger partial charge in [0.15, 0.2) is 0 Å².